The lowest BCUT2D eigenvalue weighted by Gasteiger charge is -2.16. The van der Waals surface area contributed by atoms with E-state index in [1.54, 1.807) is 18.5 Å². The maximum atomic E-state index is 10.6. The van der Waals surface area contributed by atoms with Gasteiger partial charge in [-0.3, -0.25) is 15.1 Å². The molecule has 1 aromatic heterocycles. The molecule has 1 heterocycles. The molecule has 1 aromatic carbocycles. The van der Waals surface area contributed by atoms with Crippen LogP contribution in [0.4, 0.5) is 11.4 Å². The monoisotopic (exact) mass is 277 g/mol. The van der Waals surface area contributed by atoms with Gasteiger partial charge in [-0.1, -0.05) is 17.7 Å². The highest BCUT2D eigenvalue weighted by atomic mass is 35.5. The molecule has 1 N–H and O–H groups in total. The number of hydrogen-bond acceptors (Lipinski definition) is 4. The second-order valence-electron chi connectivity index (χ2n) is 4.07. The Morgan fingerprint density at radius 1 is 1.42 bits per heavy atom. The smallest absolute Gasteiger partial charge is 0.271 e. The summed E-state index contributed by atoms with van der Waals surface area (Å²) < 4.78 is 0. The molecule has 0 aliphatic heterocycles. The molecular formula is C13H12ClN3O2. The Labute approximate surface area is 115 Å². The minimum atomic E-state index is -0.472. The van der Waals surface area contributed by atoms with E-state index in [2.05, 4.69) is 10.3 Å². The zero-order valence-corrected chi connectivity index (χ0v) is 11.0. The molecule has 0 radical (unpaired) electrons. The van der Waals surface area contributed by atoms with Gasteiger partial charge in [0.1, 0.15) is 0 Å². The molecule has 19 heavy (non-hydrogen) atoms. The predicted octanol–water partition coefficient (Wildman–Crippen LogP) is 3.82. The van der Waals surface area contributed by atoms with Crippen molar-refractivity contribution in [2.45, 2.75) is 13.0 Å². The number of nitrogens with zero attached hydrogens (tertiary/aromatic N) is 2. The quantitative estimate of drug-likeness (QED) is 0.681. The predicted molar refractivity (Wildman–Crippen MR) is 74.4 cm³/mol. The molecule has 0 aliphatic rings. The maximum absolute atomic E-state index is 10.6. The van der Waals surface area contributed by atoms with Gasteiger partial charge in [-0.05, 0) is 24.6 Å². The van der Waals surface area contributed by atoms with E-state index in [0.717, 1.165) is 5.56 Å². The third kappa shape index (κ3) is 3.20. The van der Waals surface area contributed by atoms with Crippen molar-refractivity contribution in [1.82, 2.24) is 4.98 Å². The molecule has 0 saturated heterocycles. The van der Waals surface area contributed by atoms with Gasteiger partial charge in [0.15, 0.2) is 0 Å². The average molecular weight is 278 g/mol. The Balaban J connectivity index is 2.18. The number of pyridine rings is 1. The highest BCUT2D eigenvalue weighted by Gasteiger charge is 2.12. The van der Waals surface area contributed by atoms with E-state index in [4.69, 9.17) is 11.6 Å². The molecule has 0 bridgehead atoms. The zero-order valence-electron chi connectivity index (χ0n) is 10.2. The molecule has 0 fully saturated rings. The summed E-state index contributed by atoms with van der Waals surface area (Å²) in [5, 5.41) is 14.1. The highest BCUT2D eigenvalue weighted by molar-refractivity contribution is 6.33. The molecule has 1 unspecified atom stereocenters. The second-order valence-corrected chi connectivity index (χ2v) is 4.48. The maximum Gasteiger partial charge on any atom is 0.271 e. The Bertz CT molecular complexity index is 590. The Kier molecular flexibility index (Phi) is 3.97. The number of halogens is 1. The zero-order chi connectivity index (χ0) is 13.8. The van der Waals surface area contributed by atoms with E-state index in [0.29, 0.717) is 10.7 Å². The first-order valence-electron chi connectivity index (χ1n) is 5.68. The largest absolute Gasteiger partial charge is 0.377 e. The van der Waals surface area contributed by atoms with Crippen LogP contribution in [0.2, 0.25) is 5.02 Å². The van der Waals surface area contributed by atoms with Crippen LogP contribution in [0.25, 0.3) is 0 Å². The van der Waals surface area contributed by atoms with Crippen LogP contribution < -0.4 is 5.32 Å². The van der Waals surface area contributed by atoms with Crippen LogP contribution in [0.5, 0.6) is 0 Å². The first-order chi connectivity index (χ1) is 9.08. The van der Waals surface area contributed by atoms with Gasteiger partial charge in [-0.15, -0.1) is 0 Å². The summed E-state index contributed by atoms with van der Waals surface area (Å²) in [6.07, 6.45) is 3.46. The van der Waals surface area contributed by atoms with Crippen molar-refractivity contribution >= 4 is 23.0 Å². The number of benzene rings is 1. The Morgan fingerprint density at radius 2 is 2.21 bits per heavy atom. The van der Waals surface area contributed by atoms with Gasteiger partial charge in [0.05, 0.1) is 21.7 Å². The standard InChI is InChI=1S/C13H12ClN3O2/c1-9(10-3-2-6-15-8-10)16-13-5-4-11(17(18)19)7-12(13)14/h2-9,16H,1H3. The van der Waals surface area contributed by atoms with E-state index in [-0.39, 0.29) is 11.7 Å². The van der Waals surface area contributed by atoms with Crippen LogP contribution in [-0.2, 0) is 0 Å². The van der Waals surface area contributed by atoms with Crippen molar-refractivity contribution in [2.75, 3.05) is 5.32 Å². The minimum absolute atomic E-state index is 0.00709. The number of aromatic nitrogens is 1. The van der Waals surface area contributed by atoms with Crippen molar-refractivity contribution in [3.63, 3.8) is 0 Å². The van der Waals surface area contributed by atoms with Gasteiger partial charge in [-0.2, -0.15) is 0 Å². The van der Waals surface area contributed by atoms with E-state index in [9.17, 15) is 10.1 Å². The number of rotatable bonds is 4. The Morgan fingerprint density at radius 3 is 2.79 bits per heavy atom. The lowest BCUT2D eigenvalue weighted by molar-refractivity contribution is -0.384. The summed E-state index contributed by atoms with van der Waals surface area (Å²) in [6.45, 7) is 1.97. The molecule has 0 amide bonds. The van der Waals surface area contributed by atoms with Crippen LogP contribution in [0.3, 0.4) is 0 Å². The molecule has 2 aromatic rings. The first-order valence-corrected chi connectivity index (χ1v) is 6.06. The summed E-state index contributed by atoms with van der Waals surface area (Å²) in [6, 6.07) is 8.17. The van der Waals surface area contributed by atoms with E-state index in [1.165, 1.54) is 12.1 Å². The average Bonchev–Trinajstić information content (AvgIpc) is 2.41. The van der Waals surface area contributed by atoms with Gasteiger partial charge in [0, 0.05) is 24.5 Å². The van der Waals surface area contributed by atoms with Crippen LogP contribution in [0, 0.1) is 10.1 Å². The summed E-state index contributed by atoms with van der Waals surface area (Å²) in [7, 11) is 0. The molecule has 1 atom stereocenters. The molecule has 6 heteroatoms. The number of hydrogen-bond donors (Lipinski definition) is 1. The molecule has 0 saturated carbocycles. The fourth-order valence-electron chi connectivity index (χ4n) is 1.68. The number of nitro groups is 1. The third-order valence-corrected chi connectivity index (χ3v) is 3.03. The topological polar surface area (TPSA) is 68.1 Å². The second kappa shape index (κ2) is 5.67. The van der Waals surface area contributed by atoms with E-state index < -0.39 is 4.92 Å². The summed E-state index contributed by atoms with van der Waals surface area (Å²) >= 11 is 6.02. The number of anilines is 1. The van der Waals surface area contributed by atoms with Crippen molar-refractivity contribution in [3.8, 4) is 0 Å². The van der Waals surface area contributed by atoms with Gasteiger partial charge in [0.2, 0.25) is 0 Å². The third-order valence-electron chi connectivity index (χ3n) is 2.72. The SMILES string of the molecule is CC(Nc1ccc([N+](=O)[O-])cc1Cl)c1cccnc1. The van der Waals surface area contributed by atoms with Crippen LogP contribution in [0.15, 0.2) is 42.7 Å². The van der Waals surface area contributed by atoms with Crippen LogP contribution in [0.1, 0.15) is 18.5 Å². The van der Waals surface area contributed by atoms with Gasteiger partial charge in [0.25, 0.3) is 5.69 Å². The lowest BCUT2D eigenvalue weighted by atomic mass is 10.1. The summed E-state index contributed by atoms with van der Waals surface area (Å²) in [4.78, 5) is 14.2. The van der Waals surface area contributed by atoms with Crippen molar-refractivity contribution in [2.24, 2.45) is 0 Å². The van der Waals surface area contributed by atoms with Crippen molar-refractivity contribution < 1.29 is 4.92 Å². The fourth-order valence-corrected chi connectivity index (χ4v) is 1.91. The summed E-state index contributed by atoms with van der Waals surface area (Å²) in [5.41, 5.74) is 1.64. The molecule has 2 rings (SSSR count). The fraction of sp³-hybridized carbons (Fsp3) is 0.154. The van der Waals surface area contributed by atoms with Crippen molar-refractivity contribution in [3.05, 3.63) is 63.4 Å². The van der Waals surface area contributed by atoms with Crippen LogP contribution >= 0.6 is 11.6 Å². The van der Waals surface area contributed by atoms with E-state index in [1.807, 2.05) is 19.1 Å². The molecular weight excluding hydrogens is 266 g/mol. The highest BCUT2D eigenvalue weighted by Crippen LogP contribution is 2.29. The first kappa shape index (κ1) is 13.3. The molecule has 98 valence electrons. The lowest BCUT2D eigenvalue weighted by Crippen LogP contribution is -2.07. The van der Waals surface area contributed by atoms with Crippen LogP contribution in [-0.4, -0.2) is 9.91 Å². The summed E-state index contributed by atoms with van der Waals surface area (Å²) in [5.74, 6) is 0. The normalized spacial score (nSPS) is 11.9. The van der Waals surface area contributed by atoms with Gasteiger partial charge in [-0.25, -0.2) is 0 Å². The van der Waals surface area contributed by atoms with E-state index >= 15 is 0 Å². The number of nitro benzene ring substituents is 1. The number of nitrogens with one attached hydrogen (secondary N) is 1. The molecule has 5 nitrogen and oxygen atoms in total. The number of non-ortho nitro benzene ring substituents is 1. The minimum Gasteiger partial charge on any atom is -0.377 e. The van der Waals surface area contributed by atoms with Crippen molar-refractivity contribution in [1.29, 1.82) is 0 Å². The van der Waals surface area contributed by atoms with Gasteiger partial charge >= 0.3 is 0 Å². The van der Waals surface area contributed by atoms with Gasteiger partial charge < -0.3 is 5.32 Å². The molecule has 0 aliphatic carbocycles. The Hall–Kier alpha value is -2.14. The molecule has 0 spiro atoms.